The Morgan fingerprint density at radius 3 is 2.50 bits per heavy atom. The molecule has 1 amide bonds. The summed E-state index contributed by atoms with van der Waals surface area (Å²) in [7, 11) is -3.64. The third-order valence-corrected chi connectivity index (χ3v) is 4.83. The molecule has 1 aromatic heterocycles. The highest BCUT2D eigenvalue weighted by atomic mass is 32.2. The number of unbranched alkanes of at least 4 members (excludes halogenated alkanes) is 1. The normalized spacial score (nSPS) is 11.2. The van der Waals surface area contributed by atoms with Crippen LogP contribution in [0.4, 0.5) is 0 Å². The molecular weight excluding hydrogens is 326 g/mol. The average molecular weight is 347 g/mol. The van der Waals surface area contributed by atoms with Crippen LogP contribution in [0.5, 0.6) is 0 Å². The van der Waals surface area contributed by atoms with Crippen molar-refractivity contribution in [1.29, 1.82) is 0 Å². The number of carbonyl (C=O) groups is 1. The van der Waals surface area contributed by atoms with Crippen molar-refractivity contribution in [3.8, 4) is 0 Å². The molecule has 2 rings (SSSR count). The zero-order valence-corrected chi connectivity index (χ0v) is 14.3. The first-order valence-corrected chi connectivity index (χ1v) is 9.29. The molecule has 1 aromatic carbocycles. The zero-order chi connectivity index (χ0) is 17.4. The lowest BCUT2D eigenvalue weighted by molar-refractivity contribution is 0.0953. The maximum atomic E-state index is 12.3. The molecule has 2 aromatic rings. The van der Waals surface area contributed by atoms with Crippen LogP contribution in [0.25, 0.3) is 0 Å². The Labute approximate surface area is 142 Å². The van der Waals surface area contributed by atoms with Crippen molar-refractivity contribution in [2.24, 2.45) is 0 Å². The molecule has 7 heteroatoms. The van der Waals surface area contributed by atoms with Gasteiger partial charge in [-0.15, -0.1) is 0 Å². The van der Waals surface area contributed by atoms with Crippen molar-refractivity contribution >= 4 is 15.9 Å². The summed E-state index contributed by atoms with van der Waals surface area (Å²) in [6.07, 6.45) is 3.52. The number of nitrogens with zero attached hydrogens (tertiary/aromatic N) is 1. The van der Waals surface area contributed by atoms with Gasteiger partial charge in [0.15, 0.2) is 0 Å². The van der Waals surface area contributed by atoms with E-state index in [0.717, 1.165) is 12.8 Å². The first kappa shape index (κ1) is 18.1. The monoisotopic (exact) mass is 347 g/mol. The van der Waals surface area contributed by atoms with Gasteiger partial charge < -0.3 is 5.32 Å². The summed E-state index contributed by atoms with van der Waals surface area (Å²) in [4.78, 5) is 16.1. The number of benzene rings is 1. The Balaban J connectivity index is 1.99. The summed E-state index contributed by atoms with van der Waals surface area (Å²) < 4.78 is 27.0. The maximum Gasteiger partial charge on any atom is 0.251 e. The molecule has 1 heterocycles. The van der Waals surface area contributed by atoms with Crippen LogP contribution in [0.2, 0.25) is 0 Å². The van der Waals surface area contributed by atoms with Crippen molar-refractivity contribution < 1.29 is 13.2 Å². The number of pyridine rings is 1. The van der Waals surface area contributed by atoms with Gasteiger partial charge in [0.1, 0.15) is 0 Å². The maximum absolute atomic E-state index is 12.3. The summed E-state index contributed by atoms with van der Waals surface area (Å²) in [5.41, 5.74) is 1.07. The second-order valence-electron chi connectivity index (χ2n) is 5.28. The summed E-state index contributed by atoms with van der Waals surface area (Å²) in [5, 5.41) is 2.79. The quantitative estimate of drug-likeness (QED) is 0.716. The van der Waals surface area contributed by atoms with Crippen LogP contribution in [0, 0.1) is 0 Å². The predicted molar refractivity (Wildman–Crippen MR) is 91.9 cm³/mol. The molecule has 0 saturated heterocycles. The Kier molecular flexibility index (Phi) is 6.45. The van der Waals surface area contributed by atoms with E-state index in [1.54, 1.807) is 24.4 Å². The number of aromatic nitrogens is 1. The first-order valence-electron chi connectivity index (χ1n) is 7.81. The molecule has 6 nitrogen and oxygen atoms in total. The largest absolute Gasteiger partial charge is 0.352 e. The number of nitrogens with one attached hydrogen (secondary N) is 2. The van der Waals surface area contributed by atoms with Gasteiger partial charge in [-0.1, -0.05) is 19.4 Å². The van der Waals surface area contributed by atoms with Gasteiger partial charge in [-0.3, -0.25) is 9.78 Å². The number of rotatable bonds is 8. The van der Waals surface area contributed by atoms with E-state index in [4.69, 9.17) is 0 Å². The van der Waals surface area contributed by atoms with Gasteiger partial charge in [0.25, 0.3) is 5.91 Å². The van der Waals surface area contributed by atoms with Crippen LogP contribution in [-0.4, -0.2) is 25.9 Å². The number of hydrogen-bond donors (Lipinski definition) is 2. The van der Waals surface area contributed by atoms with E-state index in [2.05, 4.69) is 15.0 Å². The third-order valence-electron chi connectivity index (χ3n) is 3.41. The molecule has 0 aliphatic rings. The molecule has 0 fully saturated rings. The molecule has 2 N–H and O–H groups in total. The van der Waals surface area contributed by atoms with Crippen molar-refractivity contribution in [2.75, 3.05) is 6.54 Å². The fourth-order valence-corrected chi connectivity index (χ4v) is 3.02. The van der Waals surface area contributed by atoms with Gasteiger partial charge in [0.05, 0.1) is 17.1 Å². The molecule has 0 saturated carbocycles. The molecule has 24 heavy (non-hydrogen) atoms. The lowest BCUT2D eigenvalue weighted by Gasteiger charge is -2.08. The molecule has 128 valence electrons. The van der Waals surface area contributed by atoms with Crippen molar-refractivity contribution in [1.82, 2.24) is 15.0 Å². The number of amides is 1. The smallest absolute Gasteiger partial charge is 0.251 e. The van der Waals surface area contributed by atoms with Crippen LogP contribution in [0.3, 0.4) is 0 Å². The van der Waals surface area contributed by atoms with E-state index < -0.39 is 10.0 Å². The number of carbonyl (C=O) groups excluding carboxylic acids is 1. The van der Waals surface area contributed by atoms with Crippen LogP contribution >= 0.6 is 0 Å². The molecule has 0 radical (unpaired) electrons. The highest BCUT2D eigenvalue weighted by molar-refractivity contribution is 7.89. The molecule has 0 atom stereocenters. The van der Waals surface area contributed by atoms with Gasteiger partial charge in [-0.25, -0.2) is 13.1 Å². The molecule has 0 spiro atoms. The summed E-state index contributed by atoms with van der Waals surface area (Å²) >= 11 is 0. The molecule has 0 aliphatic heterocycles. The molecular formula is C17H21N3O3S. The topological polar surface area (TPSA) is 88.2 Å². The SMILES string of the molecule is CCCCNC(=O)c1ccc(S(=O)(=O)NCc2ccccn2)cc1. The van der Waals surface area contributed by atoms with Gasteiger partial charge >= 0.3 is 0 Å². The summed E-state index contributed by atoms with van der Waals surface area (Å²) in [6, 6.07) is 11.2. The number of hydrogen-bond acceptors (Lipinski definition) is 4. The second kappa shape index (κ2) is 8.56. The Morgan fingerprint density at radius 1 is 1.12 bits per heavy atom. The van der Waals surface area contributed by atoms with E-state index in [9.17, 15) is 13.2 Å². The highest BCUT2D eigenvalue weighted by Crippen LogP contribution is 2.11. The van der Waals surface area contributed by atoms with E-state index in [-0.39, 0.29) is 17.3 Å². The summed E-state index contributed by atoms with van der Waals surface area (Å²) in [6.45, 7) is 2.77. The highest BCUT2D eigenvalue weighted by Gasteiger charge is 2.15. The third kappa shape index (κ3) is 5.14. The van der Waals surface area contributed by atoms with Gasteiger partial charge in [0.2, 0.25) is 10.0 Å². The lowest BCUT2D eigenvalue weighted by atomic mass is 10.2. The Bertz CT molecular complexity index is 759. The standard InChI is InChI=1S/C17H21N3O3S/c1-2-3-11-19-17(21)14-7-9-16(10-8-14)24(22,23)20-13-15-6-4-5-12-18-15/h4-10,12,20H,2-3,11,13H2,1H3,(H,19,21). The minimum Gasteiger partial charge on any atom is -0.352 e. The van der Waals surface area contributed by atoms with E-state index in [1.807, 2.05) is 6.92 Å². The minimum absolute atomic E-state index is 0.114. The second-order valence-corrected chi connectivity index (χ2v) is 7.05. The van der Waals surface area contributed by atoms with E-state index in [0.29, 0.717) is 17.8 Å². The van der Waals surface area contributed by atoms with Crippen molar-refractivity contribution in [2.45, 2.75) is 31.2 Å². The average Bonchev–Trinajstić information content (AvgIpc) is 2.61. The lowest BCUT2D eigenvalue weighted by Crippen LogP contribution is -2.25. The molecule has 0 bridgehead atoms. The van der Waals surface area contributed by atoms with Crippen LogP contribution in [0.1, 0.15) is 35.8 Å². The van der Waals surface area contributed by atoms with Crippen molar-refractivity contribution in [3.05, 3.63) is 59.9 Å². The molecule has 0 aliphatic carbocycles. The van der Waals surface area contributed by atoms with Crippen LogP contribution < -0.4 is 10.0 Å². The fourth-order valence-electron chi connectivity index (χ4n) is 2.02. The molecule has 0 unspecified atom stereocenters. The Morgan fingerprint density at radius 2 is 1.88 bits per heavy atom. The van der Waals surface area contributed by atoms with E-state index in [1.165, 1.54) is 24.3 Å². The fraction of sp³-hybridized carbons (Fsp3) is 0.294. The van der Waals surface area contributed by atoms with Crippen molar-refractivity contribution in [3.63, 3.8) is 0 Å². The van der Waals surface area contributed by atoms with Gasteiger partial charge in [-0.2, -0.15) is 0 Å². The van der Waals surface area contributed by atoms with Gasteiger partial charge in [0, 0.05) is 18.3 Å². The van der Waals surface area contributed by atoms with Gasteiger partial charge in [-0.05, 0) is 42.8 Å². The Hall–Kier alpha value is -2.25. The summed E-state index contributed by atoms with van der Waals surface area (Å²) in [5.74, 6) is -0.200. The predicted octanol–water partition coefficient (Wildman–Crippen LogP) is 2.09. The van der Waals surface area contributed by atoms with E-state index >= 15 is 0 Å². The minimum atomic E-state index is -3.64. The van der Waals surface area contributed by atoms with Crippen LogP contribution in [-0.2, 0) is 16.6 Å². The first-order chi connectivity index (χ1) is 11.5. The van der Waals surface area contributed by atoms with Crippen LogP contribution in [0.15, 0.2) is 53.6 Å². The zero-order valence-electron chi connectivity index (χ0n) is 13.5. The number of sulfonamides is 1.